The Bertz CT molecular complexity index is 955. The van der Waals surface area contributed by atoms with E-state index in [-0.39, 0.29) is 18.1 Å². The molecule has 6 nitrogen and oxygen atoms in total. The van der Waals surface area contributed by atoms with Crippen LogP contribution in [0.3, 0.4) is 0 Å². The van der Waals surface area contributed by atoms with Gasteiger partial charge in [0, 0.05) is 36.3 Å². The molecule has 3 aliphatic carbocycles. The van der Waals surface area contributed by atoms with Gasteiger partial charge in [0.25, 0.3) is 5.91 Å². The van der Waals surface area contributed by atoms with Crippen molar-refractivity contribution in [3.8, 4) is 11.3 Å². The monoisotopic (exact) mass is 465 g/mol. The van der Waals surface area contributed by atoms with Crippen molar-refractivity contribution in [3.63, 3.8) is 0 Å². The number of aromatic nitrogens is 1. The Balaban J connectivity index is 1.34. The van der Waals surface area contributed by atoms with Gasteiger partial charge >= 0.3 is 0 Å². The second-order valence-electron chi connectivity index (χ2n) is 10.6. The Morgan fingerprint density at radius 3 is 2.38 bits per heavy atom. The SMILES string of the molecule is CC(O)CNC1CCc2cc(-c3cc(C(=O)N(C4CCCCC4)C4CCCCC4)no3)ccc21. The Kier molecular flexibility index (Phi) is 7.35. The Morgan fingerprint density at radius 1 is 1.06 bits per heavy atom. The largest absolute Gasteiger partial charge is 0.392 e. The minimum absolute atomic E-state index is 0.0531. The molecule has 6 heteroatoms. The molecule has 1 heterocycles. The predicted molar refractivity (Wildman–Crippen MR) is 133 cm³/mol. The van der Waals surface area contributed by atoms with Crippen molar-refractivity contribution in [2.45, 2.75) is 108 Å². The van der Waals surface area contributed by atoms with E-state index in [1.807, 2.05) is 6.07 Å². The van der Waals surface area contributed by atoms with Crippen molar-refractivity contribution in [1.82, 2.24) is 15.4 Å². The second-order valence-corrected chi connectivity index (χ2v) is 10.6. The molecule has 1 amide bonds. The van der Waals surface area contributed by atoms with Crippen LogP contribution in [0.15, 0.2) is 28.8 Å². The maximum Gasteiger partial charge on any atom is 0.276 e. The van der Waals surface area contributed by atoms with Crippen LogP contribution in [0.4, 0.5) is 0 Å². The highest BCUT2D eigenvalue weighted by molar-refractivity contribution is 5.93. The zero-order valence-corrected chi connectivity index (χ0v) is 20.5. The lowest BCUT2D eigenvalue weighted by molar-refractivity contribution is 0.0438. The van der Waals surface area contributed by atoms with Crippen molar-refractivity contribution < 1.29 is 14.4 Å². The molecule has 34 heavy (non-hydrogen) atoms. The molecule has 2 saturated carbocycles. The maximum absolute atomic E-state index is 13.7. The number of aryl methyl sites for hydroxylation is 1. The average molecular weight is 466 g/mol. The summed E-state index contributed by atoms with van der Waals surface area (Å²) in [4.78, 5) is 15.9. The van der Waals surface area contributed by atoms with Crippen molar-refractivity contribution >= 4 is 5.91 Å². The predicted octanol–water partition coefficient (Wildman–Crippen LogP) is 5.41. The van der Waals surface area contributed by atoms with Gasteiger partial charge in [-0.3, -0.25) is 4.79 Å². The van der Waals surface area contributed by atoms with Gasteiger partial charge in [-0.05, 0) is 62.6 Å². The number of carbonyl (C=O) groups excluding carboxylic acids is 1. The first-order valence-corrected chi connectivity index (χ1v) is 13.4. The third-order valence-corrected chi connectivity index (χ3v) is 8.06. The van der Waals surface area contributed by atoms with Gasteiger partial charge < -0.3 is 19.8 Å². The zero-order chi connectivity index (χ0) is 23.5. The molecule has 0 radical (unpaired) electrons. The number of amides is 1. The van der Waals surface area contributed by atoms with E-state index in [0.717, 1.165) is 44.1 Å². The van der Waals surface area contributed by atoms with Crippen LogP contribution in [0, 0.1) is 0 Å². The summed E-state index contributed by atoms with van der Waals surface area (Å²) in [5.74, 6) is 0.719. The highest BCUT2D eigenvalue weighted by atomic mass is 16.5. The van der Waals surface area contributed by atoms with E-state index in [4.69, 9.17) is 4.52 Å². The van der Waals surface area contributed by atoms with Crippen molar-refractivity contribution in [2.24, 2.45) is 0 Å². The maximum atomic E-state index is 13.7. The number of fused-ring (bicyclic) bond motifs is 1. The van der Waals surface area contributed by atoms with E-state index in [0.29, 0.717) is 30.1 Å². The average Bonchev–Trinajstić information content (AvgIpc) is 3.51. The molecule has 0 aliphatic heterocycles. The number of nitrogens with one attached hydrogen (secondary N) is 1. The number of hydrogen-bond donors (Lipinski definition) is 2. The third-order valence-electron chi connectivity index (χ3n) is 8.06. The van der Waals surface area contributed by atoms with Crippen LogP contribution in [-0.2, 0) is 6.42 Å². The van der Waals surface area contributed by atoms with E-state index in [2.05, 4.69) is 33.6 Å². The third kappa shape index (κ3) is 5.08. The van der Waals surface area contributed by atoms with Gasteiger partial charge in [0.05, 0.1) is 6.10 Å². The molecular formula is C28H39N3O3. The lowest BCUT2D eigenvalue weighted by Crippen LogP contribution is -2.48. The van der Waals surface area contributed by atoms with Gasteiger partial charge in [-0.15, -0.1) is 0 Å². The van der Waals surface area contributed by atoms with E-state index >= 15 is 0 Å². The molecule has 5 rings (SSSR count). The minimum Gasteiger partial charge on any atom is -0.392 e. The molecule has 3 aliphatic rings. The number of aliphatic hydroxyl groups is 1. The normalized spacial score (nSPS) is 22.5. The molecule has 2 fully saturated rings. The summed E-state index contributed by atoms with van der Waals surface area (Å²) in [7, 11) is 0. The van der Waals surface area contributed by atoms with Crippen LogP contribution in [-0.4, -0.2) is 45.8 Å². The first-order valence-electron chi connectivity index (χ1n) is 13.4. The van der Waals surface area contributed by atoms with Crippen LogP contribution < -0.4 is 5.32 Å². The van der Waals surface area contributed by atoms with Crippen LogP contribution in [0.2, 0.25) is 0 Å². The van der Waals surface area contributed by atoms with Gasteiger partial charge in [-0.25, -0.2) is 0 Å². The lowest BCUT2D eigenvalue weighted by atomic mass is 9.88. The van der Waals surface area contributed by atoms with Crippen molar-refractivity contribution in [3.05, 3.63) is 41.1 Å². The van der Waals surface area contributed by atoms with E-state index in [1.54, 1.807) is 6.92 Å². The molecule has 0 saturated heterocycles. The summed E-state index contributed by atoms with van der Waals surface area (Å²) in [5.41, 5.74) is 4.02. The highest BCUT2D eigenvalue weighted by Gasteiger charge is 2.34. The summed E-state index contributed by atoms with van der Waals surface area (Å²) in [6.45, 7) is 2.40. The van der Waals surface area contributed by atoms with Gasteiger partial charge in [0.15, 0.2) is 11.5 Å². The van der Waals surface area contributed by atoms with Crippen molar-refractivity contribution in [2.75, 3.05) is 6.54 Å². The Labute approximate surface area is 203 Å². The summed E-state index contributed by atoms with van der Waals surface area (Å²) in [5, 5.41) is 17.3. The van der Waals surface area contributed by atoms with Crippen molar-refractivity contribution in [1.29, 1.82) is 0 Å². The van der Waals surface area contributed by atoms with Gasteiger partial charge in [0.1, 0.15) is 0 Å². The van der Waals surface area contributed by atoms with Gasteiger partial charge in [0.2, 0.25) is 0 Å². The van der Waals surface area contributed by atoms with Gasteiger partial charge in [-0.2, -0.15) is 0 Å². The molecule has 0 spiro atoms. The standard InChI is InChI=1S/C28H39N3O3/c1-19(32)18-29-25-15-13-20-16-21(12-14-24(20)25)27-17-26(30-34-27)28(33)31(22-8-4-2-5-9-22)23-10-6-3-7-11-23/h12,14,16-17,19,22-23,25,29,32H,2-11,13,15,18H2,1H3. The van der Waals surface area contributed by atoms with Crippen LogP contribution in [0.25, 0.3) is 11.3 Å². The number of benzene rings is 1. The zero-order valence-electron chi connectivity index (χ0n) is 20.5. The fourth-order valence-electron chi connectivity index (χ4n) is 6.29. The number of rotatable bonds is 7. The fourth-order valence-corrected chi connectivity index (χ4v) is 6.29. The number of nitrogens with zero attached hydrogens (tertiary/aromatic N) is 2. The first-order chi connectivity index (χ1) is 16.6. The number of aliphatic hydroxyl groups excluding tert-OH is 1. The van der Waals surface area contributed by atoms with Crippen LogP contribution >= 0.6 is 0 Å². The molecule has 1 aromatic heterocycles. The van der Waals surface area contributed by atoms with E-state index in [9.17, 15) is 9.90 Å². The topological polar surface area (TPSA) is 78.6 Å². The van der Waals surface area contributed by atoms with Crippen LogP contribution in [0.5, 0.6) is 0 Å². The highest BCUT2D eigenvalue weighted by Crippen LogP contribution is 2.35. The molecule has 2 aromatic rings. The minimum atomic E-state index is -0.352. The smallest absolute Gasteiger partial charge is 0.276 e. The molecule has 184 valence electrons. The summed E-state index contributed by atoms with van der Waals surface area (Å²) >= 11 is 0. The van der Waals surface area contributed by atoms with E-state index in [1.165, 1.54) is 49.7 Å². The summed E-state index contributed by atoms with van der Waals surface area (Å²) in [6, 6.07) is 9.21. The molecular weight excluding hydrogens is 426 g/mol. The van der Waals surface area contributed by atoms with Crippen LogP contribution in [0.1, 0.15) is 105 Å². The fraction of sp³-hybridized carbons (Fsp3) is 0.643. The number of carbonyl (C=O) groups is 1. The second kappa shape index (κ2) is 10.6. The summed E-state index contributed by atoms with van der Waals surface area (Å²) < 4.78 is 5.72. The van der Waals surface area contributed by atoms with E-state index < -0.39 is 0 Å². The first kappa shape index (κ1) is 23.6. The lowest BCUT2D eigenvalue weighted by Gasteiger charge is -2.41. The summed E-state index contributed by atoms with van der Waals surface area (Å²) in [6.07, 6.45) is 13.6. The Hall–Kier alpha value is -2.18. The molecule has 2 unspecified atom stereocenters. The number of hydrogen-bond acceptors (Lipinski definition) is 5. The molecule has 1 aromatic carbocycles. The molecule has 0 bridgehead atoms. The van der Waals surface area contributed by atoms with Gasteiger partial charge in [-0.1, -0.05) is 55.8 Å². The quantitative estimate of drug-likeness (QED) is 0.572. The molecule has 2 atom stereocenters. The molecule has 2 N–H and O–H groups in total. The Morgan fingerprint density at radius 2 is 1.74 bits per heavy atom.